The lowest BCUT2D eigenvalue weighted by Gasteiger charge is -2.32. The number of halogens is 1. The summed E-state index contributed by atoms with van der Waals surface area (Å²) in [5.41, 5.74) is 9.78. The molecule has 0 unspecified atom stereocenters. The zero-order valence-electron chi connectivity index (χ0n) is 12.7. The van der Waals surface area contributed by atoms with Crippen LogP contribution in [-0.4, -0.2) is 18.0 Å². The summed E-state index contributed by atoms with van der Waals surface area (Å²) in [6.07, 6.45) is 3.54. The van der Waals surface area contributed by atoms with Crippen LogP contribution < -0.4 is 5.73 Å². The molecule has 1 heterocycles. The zero-order chi connectivity index (χ0) is 14.8. The van der Waals surface area contributed by atoms with Gasteiger partial charge in [-0.25, -0.2) is 0 Å². The van der Waals surface area contributed by atoms with Crippen molar-refractivity contribution in [1.82, 2.24) is 4.90 Å². The van der Waals surface area contributed by atoms with Gasteiger partial charge in [0.1, 0.15) is 0 Å². The van der Waals surface area contributed by atoms with E-state index in [-0.39, 0.29) is 0 Å². The third kappa shape index (κ3) is 3.85. The van der Waals surface area contributed by atoms with Gasteiger partial charge in [-0.15, -0.1) is 0 Å². The highest BCUT2D eigenvalue weighted by Gasteiger charge is 2.21. The van der Waals surface area contributed by atoms with Crippen molar-refractivity contribution >= 4 is 11.6 Å². The molecule has 0 bridgehead atoms. The van der Waals surface area contributed by atoms with E-state index >= 15 is 0 Å². The van der Waals surface area contributed by atoms with E-state index in [1.54, 1.807) is 5.57 Å². The molecule has 0 saturated carbocycles. The quantitative estimate of drug-likeness (QED) is 0.854. The van der Waals surface area contributed by atoms with Crippen LogP contribution >= 0.6 is 11.6 Å². The van der Waals surface area contributed by atoms with Crippen molar-refractivity contribution in [3.8, 4) is 0 Å². The van der Waals surface area contributed by atoms with E-state index in [4.69, 9.17) is 17.3 Å². The summed E-state index contributed by atoms with van der Waals surface area (Å²) in [7, 11) is 0. The maximum atomic E-state index is 6.33. The van der Waals surface area contributed by atoms with Crippen LogP contribution in [0.3, 0.4) is 0 Å². The Hall–Kier alpha value is -0.830. The molecular formula is C17H25ClN2. The topological polar surface area (TPSA) is 29.3 Å². The van der Waals surface area contributed by atoms with E-state index in [1.807, 2.05) is 6.07 Å². The fourth-order valence-electron chi connectivity index (χ4n) is 2.62. The van der Waals surface area contributed by atoms with E-state index in [2.05, 4.69) is 43.9 Å². The normalized spacial score (nSPS) is 17.1. The molecule has 0 spiro atoms. The van der Waals surface area contributed by atoms with Gasteiger partial charge in [-0.05, 0) is 29.0 Å². The number of benzene rings is 1. The molecule has 0 amide bonds. The lowest BCUT2D eigenvalue weighted by atomic mass is 9.83. The van der Waals surface area contributed by atoms with Crippen LogP contribution in [0.2, 0.25) is 5.02 Å². The predicted octanol–water partition coefficient (Wildman–Crippen LogP) is 3.98. The summed E-state index contributed by atoms with van der Waals surface area (Å²) in [4.78, 5) is 2.44. The molecule has 1 aliphatic heterocycles. The monoisotopic (exact) mass is 292 g/mol. The highest BCUT2D eigenvalue weighted by molar-refractivity contribution is 6.31. The second-order valence-electron chi connectivity index (χ2n) is 6.59. The fraction of sp³-hybridized carbons (Fsp3) is 0.529. The lowest BCUT2D eigenvalue weighted by molar-refractivity contribution is 0.271. The number of hydrogen-bond acceptors (Lipinski definition) is 2. The van der Waals surface area contributed by atoms with E-state index < -0.39 is 0 Å². The molecule has 0 saturated heterocycles. The first-order valence-corrected chi connectivity index (χ1v) is 7.67. The molecule has 1 aromatic rings. The summed E-state index contributed by atoms with van der Waals surface area (Å²) in [6, 6.07) is 6.16. The first-order valence-electron chi connectivity index (χ1n) is 7.29. The van der Waals surface area contributed by atoms with Gasteiger partial charge in [-0.3, -0.25) is 4.90 Å². The Balaban J connectivity index is 2.01. The molecule has 1 aliphatic rings. The van der Waals surface area contributed by atoms with Gasteiger partial charge >= 0.3 is 0 Å². The molecule has 2 nitrogen and oxygen atoms in total. The SMILES string of the molecule is CC(C)(C)C1=CCN(Cc2ccc(CN)cc2Cl)CC1. The van der Waals surface area contributed by atoms with Gasteiger partial charge in [0.2, 0.25) is 0 Å². The van der Waals surface area contributed by atoms with Crippen molar-refractivity contribution in [2.75, 3.05) is 13.1 Å². The summed E-state index contributed by atoms with van der Waals surface area (Å²) in [5.74, 6) is 0. The molecule has 0 radical (unpaired) electrons. The van der Waals surface area contributed by atoms with Crippen LogP contribution in [0, 0.1) is 5.41 Å². The van der Waals surface area contributed by atoms with Crippen LogP contribution in [0.4, 0.5) is 0 Å². The van der Waals surface area contributed by atoms with Crippen molar-refractivity contribution in [1.29, 1.82) is 0 Å². The molecule has 0 aromatic heterocycles. The van der Waals surface area contributed by atoms with E-state index in [1.165, 1.54) is 5.56 Å². The minimum Gasteiger partial charge on any atom is -0.326 e. The largest absolute Gasteiger partial charge is 0.326 e. The molecule has 0 aliphatic carbocycles. The smallest absolute Gasteiger partial charge is 0.0454 e. The Morgan fingerprint density at radius 3 is 2.55 bits per heavy atom. The lowest BCUT2D eigenvalue weighted by Crippen LogP contribution is -2.31. The van der Waals surface area contributed by atoms with Crippen LogP contribution in [0.15, 0.2) is 29.8 Å². The van der Waals surface area contributed by atoms with Gasteiger partial charge in [-0.2, -0.15) is 0 Å². The van der Waals surface area contributed by atoms with Crippen LogP contribution in [0.25, 0.3) is 0 Å². The van der Waals surface area contributed by atoms with Gasteiger partial charge in [0, 0.05) is 31.2 Å². The fourth-order valence-corrected chi connectivity index (χ4v) is 2.89. The maximum Gasteiger partial charge on any atom is 0.0454 e. The Kier molecular flexibility index (Phi) is 4.90. The highest BCUT2D eigenvalue weighted by atomic mass is 35.5. The number of hydrogen-bond donors (Lipinski definition) is 1. The molecule has 2 rings (SSSR count). The Morgan fingerprint density at radius 1 is 1.30 bits per heavy atom. The summed E-state index contributed by atoms with van der Waals surface area (Å²) in [5, 5.41) is 0.832. The van der Waals surface area contributed by atoms with Crippen molar-refractivity contribution in [2.45, 2.75) is 40.3 Å². The number of nitrogens with zero attached hydrogens (tertiary/aromatic N) is 1. The summed E-state index contributed by atoms with van der Waals surface area (Å²) in [6.45, 7) is 10.4. The Labute approximate surface area is 127 Å². The second kappa shape index (κ2) is 6.30. The average molecular weight is 293 g/mol. The van der Waals surface area contributed by atoms with Gasteiger partial charge < -0.3 is 5.73 Å². The molecule has 0 atom stereocenters. The minimum absolute atomic E-state index is 0.298. The third-order valence-corrected chi connectivity index (χ3v) is 4.36. The minimum atomic E-state index is 0.298. The number of nitrogens with two attached hydrogens (primary N) is 1. The molecule has 1 aromatic carbocycles. The first-order chi connectivity index (χ1) is 9.40. The Morgan fingerprint density at radius 2 is 2.05 bits per heavy atom. The van der Waals surface area contributed by atoms with E-state index in [0.717, 1.165) is 36.6 Å². The third-order valence-electron chi connectivity index (χ3n) is 4.00. The van der Waals surface area contributed by atoms with Gasteiger partial charge in [0.05, 0.1) is 0 Å². The van der Waals surface area contributed by atoms with Crippen molar-refractivity contribution in [2.24, 2.45) is 11.1 Å². The van der Waals surface area contributed by atoms with E-state index in [0.29, 0.717) is 12.0 Å². The van der Waals surface area contributed by atoms with Gasteiger partial charge in [0.15, 0.2) is 0 Å². The first kappa shape index (κ1) is 15.6. The number of rotatable bonds is 3. The van der Waals surface area contributed by atoms with Crippen molar-refractivity contribution < 1.29 is 0 Å². The van der Waals surface area contributed by atoms with Crippen molar-refractivity contribution in [3.63, 3.8) is 0 Å². The van der Waals surface area contributed by atoms with E-state index in [9.17, 15) is 0 Å². The predicted molar refractivity (Wildman–Crippen MR) is 86.8 cm³/mol. The van der Waals surface area contributed by atoms with Crippen LogP contribution in [-0.2, 0) is 13.1 Å². The average Bonchev–Trinajstić information content (AvgIpc) is 2.40. The molecule has 2 N–H and O–H groups in total. The Bertz CT molecular complexity index is 500. The molecule has 0 fully saturated rings. The standard InChI is InChI=1S/C17H25ClN2/c1-17(2,3)15-6-8-20(9-7-15)12-14-5-4-13(11-19)10-16(14)18/h4-6,10H,7-9,11-12,19H2,1-3H3. The zero-order valence-corrected chi connectivity index (χ0v) is 13.5. The van der Waals surface area contributed by atoms with Crippen molar-refractivity contribution in [3.05, 3.63) is 46.0 Å². The van der Waals surface area contributed by atoms with Crippen LogP contribution in [0.5, 0.6) is 0 Å². The van der Waals surface area contributed by atoms with Gasteiger partial charge in [-0.1, -0.05) is 56.2 Å². The molecule has 110 valence electrons. The summed E-state index contributed by atoms with van der Waals surface area (Å²) >= 11 is 6.33. The molecule has 20 heavy (non-hydrogen) atoms. The second-order valence-corrected chi connectivity index (χ2v) is 7.00. The highest BCUT2D eigenvalue weighted by Crippen LogP contribution is 2.30. The maximum absolute atomic E-state index is 6.33. The van der Waals surface area contributed by atoms with Gasteiger partial charge in [0.25, 0.3) is 0 Å². The molecule has 3 heteroatoms. The summed E-state index contributed by atoms with van der Waals surface area (Å²) < 4.78 is 0. The molecular weight excluding hydrogens is 268 g/mol. The van der Waals surface area contributed by atoms with Crippen LogP contribution in [0.1, 0.15) is 38.3 Å².